The van der Waals surface area contributed by atoms with Crippen molar-refractivity contribution in [2.24, 2.45) is 11.7 Å². The van der Waals surface area contributed by atoms with Crippen LogP contribution in [-0.4, -0.2) is 23.4 Å². The second-order valence-electron chi connectivity index (χ2n) is 3.72. The Hall–Kier alpha value is 1.42. The second-order valence-corrected chi connectivity index (χ2v) is 4.26. The summed E-state index contributed by atoms with van der Waals surface area (Å²) in [6, 6.07) is -0.683. The fourth-order valence-corrected chi connectivity index (χ4v) is 0.971. The van der Waals surface area contributed by atoms with Crippen LogP contribution in [0.1, 0.15) is 27.7 Å². The maximum atomic E-state index is 11.3. The molecular formula is C9H18KNO2S. The summed E-state index contributed by atoms with van der Waals surface area (Å²) in [6.45, 7) is 7.47. The second kappa shape index (κ2) is 8.55. The van der Waals surface area contributed by atoms with E-state index >= 15 is 0 Å². The monoisotopic (exact) mass is 243 g/mol. The molecule has 0 amide bonds. The molecule has 0 aromatic carbocycles. The molecule has 0 aliphatic rings. The summed E-state index contributed by atoms with van der Waals surface area (Å²) < 4.78 is 4.95. The van der Waals surface area contributed by atoms with E-state index in [0.717, 1.165) is 0 Å². The van der Waals surface area contributed by atoms with Crippen molar-refractivity contribution in [3.63, 3.8) is 0 Å². The van der Waals surface area contributed by atoms with E-state index in [4.69, 9.17) is 23.1 Å². The standard InChI is InChI=1S/C9H19NO2S.K/c1-5(2)8(13)7(10)9(11)12-6(3)4;/h5-8,13H,10H2,1-4H3;/q;+1/p-1. The van der Waals surface area contributed by atoms with E-state index in [1.165, 1.54) is 0 Å². The molecule has 0 rings (SSSR count). The third-order valence-corrected chi connectivity index (χ3v) is 2.47. The zero-order valence-corrected chi connectivity index (χ0v) is 13.6. The van der Waals surface area contributed by atoms with Crippen molar-refractivity contribution in [3.8, 4) is 0 Å². The Balaban J connectivity index is 0. The minimum absolute atomic E-state index is 0. The summed E-state index contributed by atoms with van der Waals surface area (Å²) in [5.41, 5.74) is 5.63. The first-order valence-corrected chi connectivity index (χ1v) is 4.95. The van der Waals surface area contributed by atoms with Crippen LogP contribution in [0.3, 0.4) is 0 Å². The van der Waals surface area contributed by atoms with Crippen molar-refractivity contribution in [2.75, 3.05) is 0 Å². The first-order chi connectivity index (χ1) is 5.86. The minimum atomic E-state index is -0.683. The molecule has 2 atom stereocenters. The number of hydrogen-bond donors (Lipinski definition) is 1. The first kappa shape index (κ1) is 17.8. The van der Waals surface area contributed by atoms with Crippen LogP contribution in [0.4, 0.5) is 0 Å². The number of hydrogen-bond acceptors (Lipinski definition) is 4. The van der Waals surface area contributed by atoms with Gasteiger partial charge in [0.1, 0.15) is 0 Å². The van der Waals surface area contributed by atoms with Gasteiger partial charge in [0.15, 0.2) is 0 Å². The molecule has 0 aliphatic heterocycles. The van der Waals surface area contributed by atoms with E-state index < -0.39 is 12.0 Å². The summed E-state index contributed by atoms with van der Waals surface area (Å²) in [7, 11) is 0. The number of esters is 1. The van der Waals surface area contributed by atoms with Gasteiger partial charge in [-0.2, -0.15) is 0 Å². The SMILES string of the molecule is CC(C)OC(=O)C(N)C([S-])C(C)C.[K+]. The van der Waals surface area contributed by atoms with Crippen LogP contribution >= 0.6 is 0 Å². The molecule has 78 valence electrons. The van der Waals surface area contributed by atoms with Gasteiger partial charge in [0.2, 0.25) is 0 Å². The quantitative estimate of drug-likeness (QED) is 0.347. The van der Waals surface area contributed by atoms with Crippen LogP contribution in [0.2, 0.25) is 0 Å². The molecule has 5 heteroatoms. The first-order valence-electron chi connectivity index (χ1n) is 4.48. The van der Waals surface area contributed by atoms with E-state index in [1.54, 1.807) is 13.8 Å². The fraction of sp³-hybridized carbons (Fsp3) is 0.889. The average Bonchev–Trinajstić information content (AvgIpc) is 2.00. The number of carbonyl (C=O) groups excluding carboxylic acids is 1. The van der Waals surface area contributed by atoms with E-state index in [-0.39, 0.29) is 68.7 Å². The van der Waals surface area contributed by atoms with Crippen molar-refractivity contribution in [1.29, 1.82) is 0 Å². The number of nitrogens with two attached hydrogens (primary N) is 1. The Labute approximate surface area is 134 Å². The van der Waals surface area contributed by atoms with Gasteiger partial charge in [0.05, 0.1) is 12.1 Å². The molecule has 0 aromatic heterocycles. The maximum absolute atomic E-state index is 11.3. The zero-order valence-electron chi connectivity index (χ0n) is 9.61. The molecule has 0 heterocycles. The summed E-state index contributed by atoms with van der Waals surface area (Å²) in [5, 5.41) is -0.258. The van der Waals surface area contributed by atoms with Crippen molar-refractivity contribution < 1.29 is 60.9 Å². The van der Waals surface area contributed by atoms with Crippen molar-refractivity contribution >= 4 is 18.6 Å². The van der Waals surface area contributed by atoms with E-state index in [1.807, 2.05) is 13.8 Å². The number of ether oxygens (including phenoxy) is 1. The fourth-order valence-electron chi connectivity index (χ4n) is 0.860. The van der Waals surface area contributed by atoms with Crippen LogP contribution in [0.5, 0.6) is 0 Å². The third kappa shape index (κ3) is 6.82. The molecule has 0 spiro atoms. The van der Waals surface area contributed by atoms with Crippen LogP contribution < -0.4 is 57.1 Å². The molecule has 2 unspecified atom stereocenters. The summed E-state index contributed by atoms with van der Waals surface area (Å²) in [5.74, 6) is -0.187. The maximum Gasteiger partial charge on any atom is 1.00 e. The molecule has 14 heavy (non-hydrogen) atoms. The van der Waals surface area contributed by atoms with Gasteiger partial charge in [-0.15, -0.1) is 5.25 Å². The predicted octanol–water partition coefficient (Wildman–Crippen LogP) is -2.16. The topological polar surface area (TPSA) is 52.3 Å². The van der Waals surface area contributed by atoms with Crippen LogP contribution in [-0.2, 0) is 22.2 Å². The Kier molecular flexibility index (Phi) is 10.9. The predicted molar refractivity (Wildman–Crippen MR) is 55.2 cm³/mol. The number of rotatable bonds is 4. The number of carbonyl (C=O) groups is 1. The van der Waals surface area contributed by atoms with Crippen LogP contribution in [0, 0.1) is 5.92 Å². The molecule has 0 bridgehead atoms. The van der Waals surface area contributed by atoms with E-state index in [2.05, 4.69) is 0 Å². The summed E-state index contributed by atoms with van der Waals surface area (Å²) in [6.07, 6.45) is -0.132. The average molecular weight is 243 g/mol. The molecule has 2 N–H and O–H groups in total. The van der Waals surface area contributed by atoms with E-state index in [0.29, 0.717) is 0 Å². The van der Waals surface area contributed by atoms with Gasteiger partial charge in [0.25, 0.3) is 0 Å². The largest absolute Gasteiger partial charge is 1.00 e. The van der Waals surface area contributed by atoms with Gasteiger partial charge in [-0.05, 0) is 13.8 Å². The van der Waals surface area contributed by atoms with Crippen molar-refractivity contribution in [3.05, 3.63) is 0 Å². The molecule has 0 saturated heterocycles. The molecule has 0 fully saturated rings. The molecule has 0 aromatic rings. The third-order valence-electron chi connectivity index (χ3n) is 1.64. The smallest absolute Gasteiger partial charge is 0.787 e. The molecule has 0 radical (unpaired) electrons. The zero-order chi connectivity index (χ0) is 10.6. The van der Waals surface area contributed by atoms with Gasteiger partial charge in [-0.25, -0.2) is 0 Å². The van der Waals surface area contributed by atoms with Crippen LogP contribution in [0.25, 0.3) is 0 Å². The van der Waals surface area contributed by atoms with Gasteiger partial charge >= 0.3 is 57.4 Å². The van der Waals surface area contributed by atoms with E-state index in [9.17, 15) is 4.79 Å². The summed E-state index contributed by atoms with van der Waals surface area (Å²) in [4.78, 5) is 11.3. The minimum Gasteiger partial charge on any atom is -0.787 e. The Morgan fingerprint density at radius 1 is 1.29 bits per heavy atom. The van der Waals surface area contributed by atoms with Crippen LogP contribution in [0.15, 0.2) is 0 Å². The van der Waals surface area contributed by atoms with Gasteiger partial charge in [-0.3, -0.25) is 4.79 Å². The Bertz CT molecular complexity index is 176. The van der Waals surface area contributed by atoms with Crippen molar-refractivity contribution in [2.45, 2.75) is 45.1 Å². The van der Waals surface area contributed by atoms with Gasteiger partial charge < -0.3 is 23.1 Å². The van der Waals surface area contributed by atoms with Gasteiger partial charge in [-0.1, -0.05) is 19.8 Å². The normalized spacial score (nSPS) is 14.9. The Morgan fingerprint density at radius 2 is 1.71 bits per heavy atom. The molecule has 0 aliphatic carbocycles. The molecule has 0 saturated carbocycles. The molecular weight excluding hydrogens is 225 g/mol. The Morgan fingerprint density at radius 3 is 2.00 bits per heavy atom. The molecule has 3 nitrogen and oxygen atoms in total. The summed E-state index contributed by atoms with van der Waals surface area (Å²) >= 11 is 5.09. The van der Waals surface area contributed by atoms with Crippen molar-refractivity contribution in [1.82, 2.24) is 0 Å². The van der Waals surface area contributed by atoms with Gasteiger partial charge in [0, 0.05) is 0 Å².